The Hall–Kier alpha value is -1.55. The summed E-state index contributed by atoms with van der Waals surface area (Å²) in [6.07, 6.45) is 9.11. The van der Waals surface area contributed by atoms with Gasteiger partial charge in [-0.1, -0.05) is 0 Å². The number of hydrogen-bond acceptors (Lipinski definition) is 2. The highest BCUT2D eigenvalue weighted by Crippen LogP contribution is 2.01. The lowest BCUT2D eigenvalue weighted by Crippen LogP contribution is -2.17. The second kappa shape index (κ2) is 5.68. The van der Waals surface area contributed by atoms with Crippen LogP contribution in [0.1, 0.15) is 18.3 Å². The molecule has 2 rings (SSSR count). The Kier molecular flexibility index (Phi) is 3.98. The van der Waals surface area contributed by atoms with E-state index in [0.29, 0.717) is 0 Å². The topological polar surface area (TPSA) is 34.8 Å². The van der Waals surface area contributed by atoms with Crippen molar-refractivity contribution in [3.05, 3.63) is 42.2 Å². The SMILES string of the molecule is CCn1ccc(CNCCc2nccn2C)c1. The molecule has 0 aliphatic heterocycles. The van der Waals surface area contributed by atoms with Gasteiger partial charge in [-0.3, -0.25) is 0 Å². The van der Waals surface area contributed by atoms with E-state index in [1.54, 1.807) is 0 Å². The third-order valence-electron chi connectivity index (χ3n) is 2.95. The standard InChI is InChI=1S/C13H20N4/c1-3-17-8-5-12(11-17)10-14-6-4-13-15-7-9-16(13)2/h5,7-9,11,14H,3-4,6,10H2,1-2H3. The first-order valence-electron chi connectivity index (χ1n) is 6.11. The van der Waals surface area contributed by atoms with E-state index in [1.807, 2.05) is 19.4 Å². The maximum Gasteiger partial charge on any atom is 0.109 e. The van der Waals surface area contributed by atoms with Crippen molar-refractivity contribution in [1.29, 1.82) is 0 Å². The fourth-order valence-corrected chi connectivity index (χ4v) is 1.86. The maximum absolute atomic E-state index is 4.30. The van der Waals surface area contributed by atoms with Gasteiger partial charge in [-0.05, 0) is 18.6 Å². The second-order valence-corrected chi connectivity index (χ2v) is 4.23. The minimum absolute atomic E-state index is 0.928. The van der Waals surface area contributed by atoms with Crippen LogP contribution in [0.15, 0.2) is 30.9 Å². The molecule has 0 aliphatic carbocycles. The molecular formula is C13H20N4. The summed E-state index contributed by atoms with van der Waals surface area (Å²) in [6.45, 7) is 5.07. The fourth-order valence-electron chi connectivity index (χ4n) is 1.86. The first kappa shape index (κ1) is 11.9. The number of imidazole rings is 1. The van der Waals surface area contributed by atoms with Crippen molar-refractivity contribution >= 4 is 0 Å². The minimum atomic E-state index is 0.928. The van der Waals surface area contributed by atoms with Crippen LogP contribution in [-0.4, -0.2) is 20.7 Å². The molecule has 0 saturated heterocycles. The Labute approximate surface area is 102 Å². The first-order chi connectivity index (χ1) is 8.29. The van der Waals surface area contributed by atoms with Gasteiger partial charge < -0.3 is 14.5 Å². The number of aromatic nitrogens is 3. The highest BCUT2D eigenvalue weighted by atomic mass is 15.0. The summed E-state index contributed by atoms with van der Waals surface area (Å²) in [5.74, 6) is 1.13. The van der Waals surface area contributed by atoms with E-state index in [0.717, 1.165) is 31.9 Å². The summed E-state index contributed by atoms with van der Waals surface area (Å²) < 4.78 is 4.25. The summed E-state index contributed by atoms with van der Waals surface area (Å²) in [5.41, 5.74) is 1.34. The van der Waals surface area contributed by atoms with E-state index in [-0.39, 0.29) is 0 Å². The van der Waals surface area contributed by atoms with Gasteiger partial charge in [0.05, 0.1) is 0 Å². The van der Waals surface area contributed by atoms with E-state index in [1.165, 1.54) is 5.56 Å². The zero-order chi connectivity index (χ0) is 12.1. The molecule has 0 saturated carbocycles. The molecule has 1 N–H and O–H groups in total. The molecule has 0 fully saturated rings. The molecule has 0 atom stereocenters. The van der Waals surface area contributed by atoms with Crippen molar-refractivity contribution < 1.29 is 0 Å². The fraction of sp³-hybridized carbons (Fsp3) is 0.462. The molecule has 0 amide bonds. The lowest BCUT2D eigenvalue weighted by Gasteiger charge is -2.03. The van der Waals surface area contributed by atoms with Crippen molar-refractivity contribution in [2.45, 2.75) is 26.4 Å². The van der Waals surface area contributed by atoms with E-state index in [2.05, 4.69) is 44.8 Å². The largest absolute Gasteiger partial charge is 0.354 e. The number of nitrogens with zero attached hydrogens (tertiary/aromatic N) is 3. The third kappa shape index (κ3) is 3.20. The molecule has 4 heteroatoms. The second-order valence-electron chi connectivity index (χ2n) is 4.23. The van der Waals surface area contributed by atoms with E-state index >= 15 is 0 Å². The van der Waals surface area contributed by atoms with Crippen molar-refractivity contribution in [2.24, 2.45) is 7.05 Å². The molecule has 2 heterocycles. The van der Waals surface area contributed by atoms with E-state index in [9.17, 15) is 0 Å². The molecular weight excluding hydrogens is 212 g/mol. The average Bonchev–Trinajstić information content (AvgIpc) is 2.94. The van der Waals surface area contributed by atoms with Gasteiger partial charge >= 0.3 is 0 Å². The Morgan fingerprint density at radius 1 is 1.35 bits per heavy atom. The molecule has 0 aromatic carbocycles. The van der Waals surface area contributed by atoms with Gasteiger partial charge in [0.15, 0.2) is 0 Å². The summed E-state index contributed by atoms with van der Waals surface area (Å²) in [7, 11) is 2.03. The average molecular weight is 232 g/mol. The monoisotopic (exact) mass is 232 g/mol. The van der Waals surface area contributed by atoms with Crippen molar-refractivity contribution in [2.75, 3.05) is 6.54 Å². The van der Waals surface area contributed by atoms with Gasteiger partial charge in [-0.2, -0.15) is 0 Å². The number of rotatable bonds is 6. The predicted molar refractivity (Wildman–Crippen MR) is 68.7 cm³/mol. The van der Waals surface area contributed by atoms with Crippen LogP contribution in [0.5, 0.6) is 0 Å². The first-order valence-corrected chi connectivity index (χ1v) is 6.11. The lowest BCUT2D eigenvalue weighted by molar-refractivity contribution is 0.653. The molecule has 2 aromatic heterocycles. The van der Waals surface area contributed by atoms with Crippen molar-refractivity contribution in [3.63, 3.8) is 0 Å². The quantitative estimate of drug-likeness (QED) is 0.767. The summed E-state index contributed by atoms with van der Waals surface area (Å²) in [6, 6.07) is 2.16. The maximum atomic E-state index is 4.30. The van der Waals surface area contributed by atoms with Crippen LogP contribution in [0.25, 0.3) is 0 Å². The van der Waals surface area contributed by atoms with Gasteiger partial charge in [0.25, 0.3) is 0 Å². The molecule has 92 valence electrons. The number of aryl methyl sites for hydroxylation is 2. The zero-order valence-electron chi connectivity index (χ0n) is 10.6. The van der Waals surface area contributed by atoms with Crippen LogP contribution in [0.2, 0.25) is 0 Å². The zero-order valence-corrected chi connectivity index (χ0v) is 10.6. The van der Waals surface area contributed by atoms with Gasteiger partial charge in [0, 0.05) is 57.9 Å². The van der Waals surface area contributed by atoms with Crippen LogP contribution in [0.3, 0.4) is 0 Å². The van der Waals surface area contributed by atoms with Crippen LogP contribution in [0.4, 0.5) is 0 Å². The summed E-state index contributed by atoms with van der Waals surface area (Å²) in [5, 5.41) is 3.44. The summed E-state index contributed by atoms with van der Waals surface area (Å²) >= 11 is 0. The van der Waals surface area contributed by atoms with Crippen LogP contribution < -0.4 is 5.32 Å². The highest BCUT2D eigenvalue weighted by Gasteiger charge is 1.99. The third-order valence-corrected chi connectivity index (χ3v) is 2.95. The normalized spacial score (nSPS) is 10.9. The smallest absolute Gasteiger partial charge is 0.109 e. The Morgan fingerprint density at radius 3 is 2.88 bits per heavy atom. The van der Waals surface area contributed by atoms with Crippen molar-refractivity contribution in [1.82, 2.24) is 19.4 Å². The van der Waals surface area contributed by atoms with E-state index in [4.69, 9.17) is 0 Å². The summed E-state index contributed by atoms with van der Waals surface area (Å²) in [4.78, 5) is 4.30. The molecule has 4 nitrogen and oxygen atoms in total. The molecule has 2 aromatic rings. The Bertz CT molecular complexity index is 455. The highest BCUT2D eigenvalue weighted by molar-refractivity contribution is 5.09. The van der Waals surface area contributed by atoms with Crippen LogP contribution >= 0.6 is 0 Å². The van der Waals surface area contributed by atoms with Gasteiger partial charge in [0.1, 0.15) is 5.82 Å². The van der Waals surface area contributed by atoms with Crippen molar-refractivity contribution in [3.8, 4) is 0 Å². The van der Waals surface area contributed by atoms with E-state index < -0.39 is 0 Å². The lowest BCUT2D eigenvalue weighted by atomic mass is 10.3. The predicted octanol–water partition coefficient (Wildman–Crippen LogP) is 1.57. The van der Waals surface area contributed by atoms with Gasteiger partial charge in [0.2, 0.25) is 0 Å². The Morgan fingerprint density at radius 2 is 2.24 bits per heavy atom. The molecule has 0 bridgehead atoms. The molecule has 0 aliphatic rings. The molecule has 0 unspecified atom stereocenters. The molecule has 0 radical (unpaired) electrons. The number of nitrogens with one attached hydrogen (secondary N) is 1. The van der Waals surface area contributed by atoms with Crippen LogP contribution in [-0.2, 0) is 26.6 Å². The van der Waals surface area contributed by atoms with Crippen LogP contribution in [0, 0.1) is 0 Å². The van der Waals surface area contributed by atoms with Gasteiger partial charge in [-0.15, -0.1) is 0 Å². The molecule has 0 spiro atoms. The number of hydrogen-bond donors (Lipinski definition) is 1. The Balaban J connectivity index is 1.71. The minimum Gasteiger partial charge on any atom is -0.354 e. The van der Waals surface area contributed by atoms with Gasteiger partial charge in [-0.25, -0.2) is 4.98 Å². The molecule has 17 heavy (non-hydrogen) atoms.